The lowest BCUT2D eigenvalue weighted by molar-refractivity contribution is 0.379. The molecule has 0 saturated heterocycles. The first-order valence-electron chi connectivity index (χ1n) is 8.50. The van der Waals surface area contributed by atoms with Gasteiger partial charge in [-0.3, -0.25) is 4.72 Å². The summed E-state index contributed by atoms with van der Waals surface area (Å²) >= 11 is 6.09. The van der Waals surface area contributed by atoms with Crippen molar-refractivity contribution < 1.29 is 17.9 Å². The third kappa shape index (κ3) is 4.40. The zero-order valence-corrected chi connectivity index (χ0v) is 17.3. The smallest absolute Gasteiger partial charge is 0.262 e. The number of methoxy groups -OCH3 is 1. The van der Waals surface area contributed by atoms with Crippen LogP contribution in [0.15, 0.2) is 65.6 Å². The third-order valence-electron chi connectivity index (χ3n) is 4.11. The Morgan fingerprint density at radius 3 is 2.32 bits per heavy atom. The number of anilines is 1. The maximum absolute atomic E-state index is 13.0. The Labute approximate surface area is 169 Å². The van der Waals surface area contributed by atoms with Crippen LogP contribution >= 0.6 is 11.6 Å². The van der Waals surface area contributed by atoms with Gasteiger partial charge in [-0.2, -0.15) is 0 Å². The molecule has 0 aromatic heterocycles. The number of ether oxygens (including phenoxy) is 2. The van der Waals surface area contributed by atoms with Crippen molar-refractivity contribution >= 4 is 27.3 Å². The van der Waals surface area contributed by atoms with Gasteiger partial charge in [-0.25, -0.2) is 8.42 Å². The van der Waals surface area contributed by atoms with Gasteiger partial charge in [0.15, 0.2) is 17.2 Å². The quantitative estimate of drug-likeness (QED) is 0.570. The standard InChI is InChI=1S/C21H20ClNO4S/c1-14-8-9-15(2)21(12-14)28(24,25)23-17-13-16(22)10-11-18(17)27-20-7-5-4-6-19(20)26-3/h4-13,23H,1-3H3. The maximum Gasteiger partial charge on any atom is 0.262 e. The molecule has 3 aromatic rings. The molecule has 0 saturated carbocycles. The summed E-state index contributed by atoms with van der Waals surface area (Å²) in [6.07, 6.45) is 0. The van der Waals surface area contributed by atoms with Crippen molar-refractivity contribution in [3.63, 3.8) is 0 Å². The van der Waals surface area contributed by atoms with Crippen molar-refractivity contribution in [1.82, 2.24) is 0 Å². The molecule has 146 valence electrons. The lowest BCUT2D eigenvalue weighted by Crippen LogP contribution is -2.15. The summed E-state index contributed by atoms with van der Waals surface area (Å²) in [5, 5.41) is 0.381. The van der Waals surface area contributed by atoms with Gasteiger partial charge in [-0.1, -0.05) is 35.9 Å². The van der Waals surface area contributed by atoms with Crippen LogP contribution in [0.5, 0.6) is 17.2 Å². The predicted molar refractivity (Wildman–Crippen MR) is 111 cm³/mol. The van der Waals surface area contributed by atoms with E-state index in [2.05, 4.69) is 4.72 Å². The number of sulfonamides is 1. The van der Waals surface area contributed by atoms with E-state index in [-0.39, 0.29) is 10.6 Å². The Morgan fingerprint density at radius 2 is 1.61 bits per heavy atom. The largest absolute Gasteiger partial charge is 0.493 e. The summed E-state index contributed by atoms with van der Waals surface area (Å²) in [7, 11) is -2.30. The average molecular weight is 418 g/mol. The second kappa shape index (κ2) is 8.12. The Hall–Kier alpha value is -2.70. The molecule has 7 heteroatoms. The van der Waals surface area contributed by atoms with Crippen LogP contribution in [0.3, 0.4) is 0 Å². The van der Waals surface area contributed by atoms with Gasteiger partial charge < -0.3 is 9.47 Å². The van der Waals surface area contributed by atoms with Gasteiger partial charge in [-0.05, 0) is 61.4 Å². The van der Waals surface area contributed by atoms with Crippen molar-refractivity contribution in [2.45, 2.75) is 18.7 Å². The van der Waals surface area contributed by atoms with Crippen LogP contribution in [0, 0.1) is 13.8 Å². The monoisotopic (exact) mass is 417 g/mol. The van der Waals surface area contributed by atoms with E-state index < -0.39 is 10.0 Å². The topological polar surface area (TPSA) is 64.6 Å². The highest BCUT2D eigenvalue weighted by Gasteiger charge is 2.20. The lowest BCUT2D eigenvalue weighted by atomic mass is 10.2. The van der Waals surface area contributed by atoms with Crippen molar-refractivity contribution in [1.29, 1.82) is 0 Å². The number of para-hydroxylation sites is 2. The zero-order chi connectivity index (χ0) is 20.3. The van der Waals surface area contributed by atoms with Gasteiger partial charge in [0.25, 0.3) is 10.0 Å². The first kappa shape index (κ1) is 20.0. The van der Waals surface area contributed by atoms with E-state index in [1.807, 2.05) is 19.1 Å². The number of benzene rings is 3. The number of hydrogen-bond donors (Lipinski definition) is 1. The van der Waals surface area contributed by atoms with E-state index in [1.54, 1.807) is 49.4 Å². The zero-order valence-electron chi connectivity index (χ0n) is 15.7. The molecule has 0 bridgehead atoms. The highest BCUT2D eigenvalue weighted by molar-refractivity contribution is 7.92. The van der Waals surface area contributed by atoms with Crippen LogP contribution in [0.4, 0.5) is 5.69 Å². The highest BCUT2D eigenvalue weighted by Crippen LogP contribution is 2.37. The van der Waals surface area contributed by atoms with E-state index in [0.717, 1.165) is 5.56 Å². The molecule has 0 aliphatic carbocycles. The fraction of sp³-hybridized carbons (Fsp3) is 0.143. The third-order valence-corrected chi connectivity index (χ3v) is 5.85. The molecule has 0 spiro atoms. The number of aryl methyl sites for hydroxylation is 2. The normalized spacial score (nSPS) is 11.1. The second-order valence-electron chi connectivity index (χ2n) is 6.27. The highest BCUT2D eigenvalue weighted by atomic mass is 35.5. The lowest BCUT2D eigenvalue weighted by Gasteiger charge is -2.16. The molecule has 3 rings (SSSR count). The van der Waals surface area contributed by atoms with Crippen LogP contribution in [0.1, 0.15) is 11.1 Å². The van der Waals surface area contributed by atoms with Crippen LogP contribution in [-0.2, 0) is 10.0 Å². The predicted octanol–water partition coefficient (Wildman–Crippen LogP) is 5.56. The molecule has 5 nitrogen and oxygen atoms in total. The molecule has 0 aliphatic heterocycles. The number of hydrogen-bond acceptors (Lipinski definition) is 4. The Kier molecular flexibility index (Phi) is 5.82. The van der Waals surface area contributed by atoms with Crippen molar-refractivity contribution in [2.24, 2.45) is 0 Å². The van der Waals surface area contributed by atoms with Gasteiger partial charge >= 0.3 is 0 Å². The summed E-state index contributed by atoms with van der Waals surface area (Å²) in [6, 6.07) is 17.1. The summed E-state index contributed by atoms with van der Waals surface area (Å²) < 4.78 is 39.8. The minimum Gasteiger partial charge on any atom is -0.493 e. The molecule has 0 radical (unpaired) electrons. The van der Waals surface area contributed by atoms with Crippen molar-refractivity contribution in [3.05, 3.63) is 76.8 Å². The second-order valence-corrected chi connectivity index (χ2v) is 8.36. The fourth-order valence-electron chi connectivity index (χ4n) is 2.69. The SMILES string of the molecule is COc1ccccc1Oc1ccc(Cl)cc1NS(=O)(=O)c1cc(C)ccc1C. The molecule has 0 unspecified atom stereocenters. The van der Waals surface area contributed by atoms with Crippen molar-refractivity contribution in [3.8, 4) is 17.2 Å². The fourth-order valence-corrected chi connectivity index (χ4v) is 4.25. The number of halogens is 1. The van der Waals surface area contributed by atoms with Gasteiger partial charge in [0.2, 0.25) is 0 Å². The first-order chi connectivity index (χ1) is 13.3. The summed E-state index contributed by atoms with van der Waals surface area (Å²) in [5.41, 5.74) is 1.73. The molecule has 1 N–H and O–H groups in total. The van der Waals surface area contributed by atoms with E-state index in [4.69, 9.17) is 21.1 Å². The molecule has 0 heterocycles. The molecule has 0 fully saturated rings. The first-order valence-corrected chi connectivity index (χ1v) is 10.4. The molecule has 0 amide bonds. The average Bonchev–Trinajstić information content (AvgIpc) is 2.66. The van der Waals surface area contributed by atoms with Crippen molar-refractivity contribution in [2.75, 3.05) is 11.8 Å². The Balaban J connectivity index is 2.00. The summed E-state index contributed by atoms with van der Waals surface area (Å²) in [5.74, 6) is 1.29. The Morgan fingerprint density at radius 1 is 0.893 bits per heavy atom. The van der Waals surface area contributed by atoms with Gasteiger partial charge in [-0.15, -0.1) is 0 Å². The van der Waals surface area contributed by atoms with E-state index in [0.29, 0.717) is 27.8 Å². The molecular formula is C21H20ClNO4S. The summed E-state index contributed by atoms with van der Waals surface area (Å²) in [6.45, 7) is 3.59. The molecular weight excluding hydrogens is 398 g/mol. The summed E-state index contributed by atoms with van der Waals surface area (Å²) in [4.78, 5) is 0.204. The minimum absolute atomic E-state index is 0.204. The minimum atomic E-state index is -3.83. The molecule has 3 aromatic carbocycles. The van der Waals surface area contributed by atoms with Crippen LogP contribution in [0.25, 0.3) is 0 Å². The van der Waals surface area contributed by atoms with E-state index >= 15 is 0 Å². The van der Waals surface area contributed by atoms with E-state index in [9.17, 15) is 8.42 Å². The van der Waals surface area contributed by atoms with Gasteiger partial charge in [0.05, 0.1) is 17.7 Å². The molecule has 28 heavy (non-hydrogen) atoms. The van der Waals surface area contributed by atoms with Gasteiger partial charge in [0.1, 0.15) is 0 Å². The van der Waals surface area contributed by atoms with E-state index in [1.165, 1.54) is 13.2 Å². The number of rotatable bonds is 6. The van der Waals surface area contributed by atoms with Crippen LogP contribution in [0.2, 0.25) is 5.02 Å². The molecule has 0 atom stereocenters. The maximum atomic E-state index is 13.0. The molecule has 0 aliphatic rings. The van der Waals surface area contributed by atoms with Crippen LogP contribution in [-0.4, -0.2) is 15.5 Å². The van der Waals surface area contributed by atoms with Gasteiger partial charge in [0, 0.05) is 5.02 Å². The Bertz CT molecular complexity index is 1110. The number of nitrogens with one attached hydrogen (secondary N) is 1. The van der Waals surface area contributed by atoms with Crippen LogP contribution < -0.4 is 14.2 Å².